The van der Waals surface area contributed by atoms with Gasteiger partial charge in [-0.05, 0) is 45.0 Å². The van der Waals surface area contributed by atoms with Crippen molar-refractivity contribution in [2.75, 3.05) is 0 Å². The zero-order chi connectivity index (χ0) is 20.0. The second kappa shape index (κ2) is 7.04. The molecular formula is C21H18ClN3O2S. The predicted octanol–water partition coefficient (Wildman–Crippen LogP) is 5.02. The molecule has 1 N–H and O–H groups in total. The molecular weight excluding hydrogens is 394 g/mol. The molecule has 4 rings (SSSR count). The number of nitrogens with zero attached hydrogens (tertiary/aromatic N) is 2. The number of fused-ring (bicyclic) bond motifs is 1. The van der Waals surface area contributed by atoms with Gasteiger partial charge in [0, 0.05) is 40.5 Å². The molecule has 0 amide bonds. The van der Waals surface area contributed by atoms with Crippen LogP contribution in [0.3, 0.4) is 0 Å². The molecule has 0 aliphatic carbocycles. The van der Waals surface area contributed by atoms with Crippen LogP contribution in [0.25, 0.3) is 32.7 Å². The van der Waals surface area contributed by atoms with Crippen molar-refractivity contribution >= 4 is 34.0 Å². The Labute approximate surface area is 170 Å². The molecule has 28 heavy (non-hydrogen) atoms. The Hall–Kier alpha value is -2.70. The number of aromatic nitrogens is 3. The third-order valence-corrected chi connectivity index (χ3v) is 5.86. The van der Waals surface area contributed by atoms with E-state index in [1.165, 1.54) is 6.07 Å². The molecule has 7 heteroatoms. The molecule has 0 saturated carbocycles. The maximum absolute atomic E-state index is 12.4. The van der Waals surface area contributed by atoms with E-state index in [1.54, 1.807) is 34.4 Å². The number of pyridine rings is 3. The van der Waals surface area contributed by atoms with Gasteiger partial charge in [-0.2, -0.15) is 0 Å². The first-order valence-corrected chi connectivity index (χ1v) is 10.1. The maximum Gasteiger partial charge on any atom is 0.269 e. The summed E-state index contributed by atoms with van der Waals surface area (Å²) in [5, 5.41) is 0.634. The summed E-state index contributed by atoms with van der Waals surface area (Å²) >= 11 is 7.87. The minimum atomic E-state index is -0.236. The van der Waals surface area contributed by atoms with Crippen molar-refractivity contribution in [2.45, 2.75) is 26.8 Å². The Balaban J connectivity index is 2.09. The highest BCUT2D eigenvalue weighted by atomic mass is 35.5. The average Bonchev–Trinajstić information content (AvgIpc) is 3.09. The van der Waals surface area contributed by atoms with E-state index in [-0.39, 0.29) is 22.1 Å². The molecule has 0 unspecified atom stereocenters. The normalized spacial score (nSPS) is 11.5. The van der Waals surface area contributed by atoms with Crippen LogP contribution in [0.5, 0.6) is 0 Å². The van der Waals surface area contributed by atoms with Gasteiger partial charge in [-0.1, -0.05) is 11.6 Å². The number of aryl methyl sites for hydroxylation is 1. The lowest BCUT2D eigenvalue weighted by Gasteiger charge is -2.15. The van der Waals surface area contributed by atoms with Crippen molar-refractivity contribution in [1.29, 1.82) is 0 Å². The standard InChI is InChI=1S/C21H18ClN3O2S/c1-11(2)25-10-13(8-16(22)21(25)27)14-9-15-17(26)6-7-23-20(15)24-19(14)18-5-4-12(3)28-18/h4-11H,1-3H3,(H,23,24,26). The lowest BCUT2D eigenvalue weighted by molar-refractivity contribution is 0.579. The molecule has 0 aliphatic rings. The minimum absolute atomic E-state index is 0.0470. The summed E-state index contributed by atoms with van der Waals surface area (Å²) < 4.78 is 1.60. The fraction of sp³-hybridized carbons (Fsp3) is 0.190. The molecule has 4 heterocycles. The van der Waals surface area contributed by atoms with Gasteiger partial charge in [-0.25, -0.2) is 4.98 Å². The van der Waals surface area contributed by atoms with Gasteiger partial charge in [-0.3, -0.25) is 9.59 Å². The quantitative estimate of drug-likeness (QED) is 0.514. The number of rotatable bonds is 3. The molecule has 0 bridgehead atoms. The van der Waals surface area contributed by atoms with Crippen molar-refractivity contribution in [1.82, 2.24) is 14.5 Å². The van der Waals surface area contributed by atoms with Crippen molar-refractivity contribution in [3.63, 3.8) is 0 Å². The number of nitrogens with one attached hydrogen (secondary N) is 1. The molecule has 4 aromatic rings. The Morgan fingerprint density at radius 3 is 2.64 bits per heavy atom. The van der Waals surface area contributed by atoms with Crippen LogP contribution < -0.4 is 11.0 Å². The lowest BCUT2D eigenvalue weighted by Crippen LogP contribution is -2.21. The highest BCUT2D eigenvalue weighted by Gasteiger charge is 2.17. The highest BCUT2D eigenvalue weighted by molar-refractivity contribution is 7.15. The molecule has 0 spiro atoms. The van der Waals surface area contributed by atoms with Crippen molar-refractivity contribution in [2.24, 2.45) is 0 Å². The van der Waals surface area contributed by atoms with Crippen LogP contribution in [0, 0.1) is 6.92 Å². The number of halogens is 1. The van der Waals surface area contributed by atoms with Crippen LogP contribution in [-0.2, 0) is 0 Å². The zero-order valence-corrected chi connectivity index (χ0v) is 17.2. The van der Waals surface area contributed by atoms with Crippen molar-refractivity contribution < 1.29 is 0 Å². The first kappa shape index (κ1) is 18.7. The molecule has 142 valence electrons. The number of hydrogen-bond acceptors (Lipinski definition) is 4. The summed E-state index contributed by atoms with van der Waals surface area (Å²) in [6.45, 7) is 5.88. The monoisotopic (exact) mass is 411 g/mol. The summed E-state index contributed by atoms with van der Waals surface area (Å²) in [5.74, 6) is 0. The summed E-state index contributed by atoms with van der Waals surface area (Å²) in [7, 11) is 0. The minimum Gasteiger partial charge on any atom is -0.346 e. The Morgan fingerprint density at radius 1 is 1.18 bits per heavy atom. The molecule has 0 aliphatic heterocycles. The van der Waals surface area contributed by atoms with Crippen LogP contribution in [0.4, 0.5) is 0 Å². The van der Waals surface area contributed by atoms with E-state index < -0.39 is 0 Å². The average molecular weight is 412 g/mol. The van der Waals surface area contributed by atoms with Gasteiger partial charge in [0.05, 0.1) is 16.0 Å². The van der Waals surface area contributed by atoms with Gasteiger partial charge in [0.25, 0.3) is 5.56 Å². The first-order valence-electron chi connectivity index (χ1n) is 8.86. The fourth-order valence-electron chi connectivity index (χ4n) is 3.17. The van der Waals surface area contributed by atoms with Gasteiger partial charge >= 0.3 is 0 Å². The van der Waals surface area contributed by atoms with Gasteiger partial charge in [0.15, 0.2) is 5.43 Å². The van der Waals surface area contributed by atoms with E-state index in [4.69, 9.17) is 16.6 Å². The van der Waals surface area contributed by atoms with E-state index in [9.17, 15) is 9.59 Å². The van der Waals surface area contributed by atoms with E-state index in [0.717, 1.165) is 26.6 Å². The van der Waals surface area contributed by atoms with Crippen LogP contribution in [0.2, 0.25) is 5.02 Å². The summed E-state index contributed by atoms with van der Waals surface area (Å²) in [5.41, 5.74) is 2.44. The van der Waals surface area contributed by atoms with Gasteiger partial charge < -0.3 is 9.55 Å². The third-order valence-electron chi connectivity index (χ3n) is 4.58. The zero-order valence-electron chi connectivity index (χ0n) is 15.6. The maximum atomic E-state index is 12.4. The van der Waals surface area contributed by atoms with E-state index in [1.807, 2.05) is 39.0 Å². The second-order valence-electron chi connectivity index (χ2n) is 6.92. The van der Waals surface area contributed by atoms with E-state index in [0.29, 0.717) is 11.0 Å². The molecule has 0 fully saturated rings. The number of hydrogen-bond donors (Lipinski definition) is 1. The van der Waals surface area contributed by atoms with Crippen LogP contribution in [0.1, 0.15) is 24.8 Å². The van der Waals surface area contributed by atoms with Gasteiger partial charge in [-0.15, -0.1) is 11.3 Å². The predicted molar refractivity (Wildman–Crippen MR) is 116 cm³/mol. The Morgan fingerprint density at radius 2 is 1.96 bits per heavy atom. The topological polar surface area (TPSA) is 67.8 Å². The number of H-pyrrole nitrogens is 1. The molecule has 4 aromatic heterocycles. The smallest absolute Gasteiger partial charge is 0.269 e. The van der Waals surface area contributed by atoms with Crippen LogP contribution in [0.15, 0.2) is 52.3 Å². The molecule has 0 aromatic carbocycles. The third kappa shape index (κ3) is 3.19. The lowest BCUT2D eigenvalue weighted by atomic mass is 10.0. The number of aromatic amines is 1. The highest BCUT2D eigenvalue weighted by Crippen LogP contribution is 2.36. The second-order valence-corrected chi connectivity index (χ2v) is 8.61. The van der Waals surface area contributed by atoms with E-state index in [2.05, 4.69) is 4.98 Å². The Bertz CT molecular complexity index is 1320. The van der Waals surface area contributed by atoms with Gasteiger partial charge in [0.1, 0.15) is 10.7 Å². The SMILES string of the molecule is Cc1ccc(-c2nc3[nH]ccc(=O)c3cc2-c2cc(Cl)c(=O)n(C(C)C)c2)s1. The summed E-state index contributed by atoms with van der Waals surface area (Å²) in [4.78, 5) is 34.7. The van der Waals surface area contributed by atoms with Crippen LogP contribution in [-0.4, -0.2) is 14.5 Å². The largest absolute Gasteiger partial charge is 0.346 e. The molecule has 0 atom stereocenters. The van der Waals surface area contributed by atoms with Crippen LogP contribution >= 0.6 is 22.9 Å². The van der Waals surface area contributed by atoms with Gasteiger partial charge in [0.2, 0.25) is 0 Å². The fourth-order valence-corrected chi connectivity index (χ4v) is 4.25. The van der Waals surface area contributed by atoms with E-state index >= 15 is 0 Å². The van der Waals surface area contributed by atoms with Crippen molar-refractivity contribution in [3.8, 4) is 21.7 Å². The molecule has 0 saturated heterocycles. The number of thiophene rings is 1. The molecule has 5 nitrogen and oxygen atoms in total. The first-order chi connectivity index (χ1) is 13.3. The molecule has 0 radical (unpaired) electrons. The summed E-state index contributed by atoms with van der Waals surface area (Å²) in [6, 6.07) is 8.95. The van der Waals surface area contributed by atoms with Crippen molar-refractivity contribution in [3.05, 3.63) is 73.2 Å². The summed E-state index contributed by atoms with van der Waals surface area (Å²) in [6.07, 6.45) is 3.37. The Kier molecular flexibility index (Phi) is 4.69.